The van der Waals surface area contributed by atoms with Crippen molar-refractivity contribution in [1.29, 1.82) is 0 Å². The number of ether oxygens (including phenoxy) is 1. The van der Waals surface area contributed by atoms with Crippen molar-refractivity contribution >= 4 is 30.6 Å². The summed E-state index contributed by atoms with van der Waals surface area (Å²) < 4.78 is 26.5. The fourth-order valence-electron chi connectivity index (χ4n) is 3.54. The lowest BCUT2D eigenvalue weighted by Crippen LogP contribution is -2.35. The Bertz CT molecular complexity index is 1260. The topological polar surface area (TPSA) is 154 Å². The summed E-state index contributed by atoms with van der Waals surface area (Å²) in [7, 11) is -3.45. The number of nitrogens with two attached hydrogens (primary N) is 1. The fourth-order valence-corrected chi connectivity index (χ4v) is 5.87. The molecule has 35 heavy (non-hydrogen) atoms. The zero-order chi connectivity index (χ0) is 25.6. The molecule has 0 aliphatic rings. The van der Waals surface area contributed by atoms with Gasteiger partial charge in [-0.25, -0.2) is 10.1 Å². The molecule has 1 unspecified atom stereocenters. The average molecular weight is 505 g/mol. The number of anilines is 1. The summed E-state index contributed by atoms with van der Waals surface area (Å²) in [4.78, 5) is 34.9. The van der Waals surface area contributed by atoms with E-state index in [1.165, 1.54) is 0 Å². The van der Waals surface area contributed by atoms with Crippen LogP contribution in [-0.2, 0) is 20.6 Å². The number of hydrogen-bond donors (Lipinski definition) is 3. The summed E-state index contributed by atoms with van der Waals surface area (Å²) in [5, 5.41) is 2.89. The Morgan fingerprint density at radius 3 is 2.69 bits per heavy atom. The summed E-state index contributed by atoms with van der Waals surface area (Å²) in [6.07, 6.45) is 3.00. The summed E-state index contributed by atoms with van der Waals surface area (Å²) >= 11 is 0. The monoisotopic (exact) mass is 504 g/mol. The number of H-pyrrole nitrogens is 1. The number of fused-ring (bicyclic) bond motifs is 1. The van der Waals surface area contributed by atoms with Gasteiger partial charge in [0.05, 0.1) is 19.1 Å². The van der Waals surface area contributed by atoms with Crippen LogP contribution in [0.25, 0.3) is 11.2 Å². The molecule has 12 heteroatoms. The molecular weight excluding hydrogens is 471 g/mol. The normalized spacial score (nSPS) is 14.4. The Morgan fingerprint density at radius 1 is 1.29 bits per heavy atom. The van der Waals surface area contributed by atoms with Crippen molar-refractivity contribution in [3.63, 3.8) is 0 Å². The number of para-hydroxylation sites is 1. The van der Waals surface area contributed by atoms with Gasteiger partial charge in [0.25, 0.3) is 5.56 Å². The maximum atomic E-state index is 13.8. The van der Waals surface area contributed by atoms with E-state index in [1.54, 1.807) is 49.0 Å². The Hall–Kier alpha value is -3.17. The second kappa shape index (κ2) is 11.0. The van der Waals surface area contributed by atoms with Gasteiger partial charge in [0.15, 0.2) is 11.2 Å². The number of carbonyl (C=O) groups is 1. The van der Waals surface area contributed by atoms with Gasteiger partial charge in [-0.3, -0.25) is 19.1 Å². The number of benzene rings is 1. The van der Waals surface area contributed by atoms with E-state index in [1.807, 2.05) is 6.07 Å². The van der Waals surface area contributed by atoms with Gasteiger partial charge >= 0.3 is 13.5 Å². The quantitative estimate of drug-likeness (QED) is 0.249. The third-order valence-electron chi connectivity index (χ3n) is 5.63. The zero-order valence-electron chi connectivity index (χ0n) is 20.5. The van der Waals surface area contributed by atoms with E-state index in [-0.39, 0.29) is 35.2 Å². The minimum absolute atomic E-state index is 0.0318. The van der Waals surface area contributed by atoms with Crippen molar-refractivity contribution in [3.05, 3.63) is 47.0 Å². The highest BCUT2D eigenvalue weighted by Crippen LogP contribution is 2.46. The molecule has 0 saturated carbocycles. The van der Waals surface area contributed by atoms with E-state index in [9.17, 15) is 14.2 Å². The van der Waals surface area contributed by atoms with Crippen LogP contribution >= 0.6 is 7.52 Å². The van der Waals surface area contributed by atoms with Crippen LogP contribution in [-0.4, -0.2) is 44.3 Å². The van der Waals surface area contributed by atoms with Crippen molar-refractivity contribution < 1.29 is 18.6 Å². The van der Waals surface area contributed by atoms with Gasteiger partial charge in [0.1, 0.15) is 11.8 Å². The molecule has 0 amide bonds. The van der Waals surface area contributed by atoms with Crippen LogP contribution in [0, 0.1) is 5.41 Å². The van der Waals surface area contributed by atoms with E-state index >= 15 is 0 Å². The number of aryl methyl sites for hydroxylation is 1. The van der Waals surface area contributed by atoms with Crippen LogP contribution in [0.4, 0.5) is 5.95 Å². The molecule has 0 bridgehead atoms. The van der Waals surface area contributed by atoms with Crippen molar-refractivity contribution in [2.24, 2.45) is 5.41 Å². The van der Waals surface area contributed by atoms with E-state index in [4.69, 9.17) is 15.0 Å². The molecule has 0 spiro atoms. The molecule has 1 aromatic carbocycles. The van der Waals surface area contributed by atoms with Gasteiger partial charge in [0.2, 0.25) is 5.95 Å². The minimum atomic E-state index is -3.45. The van der Waals surface area contributed by atoms with Crippen molar-refractivity contribution in [2.45, 2.75) is 53.1 Å². The lowest BCUT2D eigenvalue weighted by molar-refractivity contribution is -0.144. The Labute approximate surface area is 203 Å². The summed E-state index contributed by atoms with van der Waals surface area (Å²) in [6.45, 7) is 8.21. The van der Waals surface area contributed by atoms with Crippen LogP contribution in [0.2, 0.25) is 0 Å². The second-order valence-corrected chi connectivity index (χ2v) is 11.4. The number of esters is 1. The molecular formula is C23H33N6O5P. The number of carbonyl (C=O) groups excluding carboxylic acids is 1. The second-order valence-electron chi connectivity index (χ2n) is 9.13. The van der Waals surface area contributed by atoms with E-state index in [2.05, 4.69) is 33.9 Å². The Kier molecular flexibility index (Phi) is 8.34. The number of aromatic nitrogens is 4. The molecule has 0 radical (unpaired) electrons. The first-order chi connectivity index (χ1) is 16.5. The number of nitrogens with zero attached hydrogens (tertiary/aromatic N) is 3. The molecule has 0 saturated heterocycles. The fraction of sp³-hybridized carbons (Fsp3) is 0.478. The van der Waals surface area contributed by atoms with Crippen LogP contribution in [0.15, 0.2) is 41.5 Å². The van der Waals surface area contributed by atoms with Crippen molar-refractivity contribution in [2.75, 3.05) is 18.5 Å². The first-order valence-corrected chi connectivity index (χ1v) is 13.3. The highest BCUT2D eigenvalue weighted by Gasteiger charge is 2.33. The summed E-state index contributed by atoms with van der Waals surface area (Å²) in [6, 6.07) is 8.07. The number of aromatic amines is 1. The molecule has 2 heterocycles. The van der Waals surface area contributed by atoms with Gasteiger partial charge in [0, 0.05) is 6.54 Å². The third kappa shape index (κ3) is 7.16. The average Bonchev–Trinajstić information content (AvgIpc) is 3.20. The van der Waals surface area contributed by atoms with Crippen LogP contribution < -0.4 is 20.9 Å². The molecule has 190 valence electrons. The van der Waals surface area contributed by atoms with E-state index in [0.717, 1.165) is 0 Å². The maximum Gasteiger partial charge on any atom is 0.323 e. The van der Waals surface area contributed by atoms with Gasteiger partial charge in [-0.2, -0.15) is 4.98 Å². The number of nitrogen functional groups attached to an aromatic ring is 1. The number of imidazole rings is 1. The lowest BCUT2D eigenvalue weighted by atomic mass is 9.86. The minimum Gasteiger partial charge on any atom is -0.465 e. The highest BCUT2D eigenvalue weighted by molar-refractivity contribution is 7.57. The summed E-state index contributed by atoms with van der Waals surface area (Å²) in [5.41, 5.74) is 5.69. The largest absolute Gasteiger partial charge is 0.465 e. The van der Waals surface area contributed by atoms with Crippen LogP contribution in [0.1, 0.15) is 40.5 Å². The zero-order valence-corrected chi connectivity index (χ0v) is 21.4. The Morgan fingerprint density at radius 2 is 2.00 bits per heavy atom. The molecule has 3 rings (SSSR count). The first kappa shape index (κ1) is 26.4. The predicted octanol–water partition coefficient (Wildman–Crippen LogP) is 3.32. The molecule has 11 nitrogen and oxygen atoms in total. The van der Waals surface area contributed by atoms with E-state index < -0.39 is 19.5 Å². The molecule has 2 aromatic heterocycles. The standard InChI is InChI=1S/C23H33N6O5P/c1-5-33-21(31)16(2)28-35(32,34-17-9-7-6-8-10-17)14-12-23(3,4)11-13-29-15-25-18-19(29)26-22(24)27-20(18)30/h6-10,15-16H,5,11-14H2,1-4H3,(H,28,32)(H3,24,26,27,30)/t16-,35?/m0/s1. The molecule has 4 N–H and O–H groups in total. The lowest BCUT2D eigenvalue weighted by Gasteiger charge is -2.29. The summed E-state index contributed by atoms with van der Waals surface area (Å²) in [5.74, 6) is -0.00216. The number of nitrogens with one attached hydrogen (secondary N) is 2. The molecule has 2 atom stereocenters. The van der Waals surface area contributed by atoms with Gasteiger partial charge < -0.3 is 19.6 Å². The molecule has 3 aromatic rings. The smallest absolute Gasteiger partial charge is 0.323 e. The Balaban J connectivity index is 1.70. The van der Waals surface area contributed by atoms with Crippen LogP contribution in [0.3, 0.4) is 0 Å². The molecule has 0 fully saturated rings. The highest BCUT2D eigenvalue weighted by atomic mass is 31.2. The van der Waals surface area contributed by atoms with Crippen molar-refractivity contribution in [3.8, 4) is 5.75 Å². The first-order valence-electron chi connectivity index (χ1n) is 11.5. The third-order valence-corrected chi connectivity index (χ3v) is 7.73. The van der Waals surface area contributed by atoms with Crippen LogP contribution in [0.5, 0.6) is 5.75 Å². The SMILES string of the molecule is CCOC(=O)[C@H](C)NP(=O)(CCC(C)(C)CCn1cnc2c(=O)[nH]c(N)nc21)Oc1ccccc1. The predicted molar refractivity (Wildman–Crippen MR) is 134 cm³/mol. The number of rotatable bonds is 12. The molecule has 0 aliphatic heterocycles. The maximum absolute atomic E-state index is 13.8. The van der Waals surface area contributed by atoms with Gasteiger partial charge in [-0.1, -0.05) is 32.0 Å². The van der Waals surface area contributed by atoms with E-state index in [0.29, 0.717) is 30.8 Å². The number of hydrogen-bond acceptors (Lipinski definition) is 8. The molecule has 0 aliphatic carbocycles. The van der Waals surface area contributed by atoms with Gasteiger partial charge in [-0.15, -0.1) is 0 Å². The van der Waals surface area contributed by atoms with Crippen molar-refractivity contribution in [1.82, 2.24) is 24.6 Å². The van der Waals surface area contributed by atoms with Gasteiger partial charge in [-0.05, 0) is 44.2 Å².